The lowest BCUT2D eigenvalue weighted by atomic mass is 10.00. The molecule has 0 aliphatic carbocycles. The van der Waals surface area contributed by atoms with Gasteiger partial charge in [-0.05, 0) is 41.3 Å². The van der Waals surface area contributed by atoms with E-state index in [0.29, 0.717) is 26.1 Å². The van der Waals surface area contributed by atoms with E-state index in [0.717, 1.165) is 32.0 Å². The third-order valence-electron chi connectivity index (χ3n) is 5.47. The number of nitrogens with one attached hydrogen (secondary N) is 2. The maximum absolute atomic E-state index is 12.9. The van der Waals surface area contributed by atoms with Gasteiger partial charge in [-0.1, -0.05) is 36.4 Å². The Morgan fingerprint density at radius 2 is 2.03 bits per heavy atom. The number of amides is 2. The van der Waals surface area contributed by atoms with Crippen molar-refractivity contribution in [3.05, 3.63) is 64.0 Å². The number of benzene rings is 2. The van der Waals surface area contributed by atoms with Crippen LogP contribution in [0.25, 0.3) is 10.8 Å². The van der Waals surface area contributed by atoms with Gasteiger partial charge in [-0.25, -0.2) is 4.79 Å². The Bertz CT molecular complexity index is 1120. The highest BCUT2D eigenvalue weighted by Crippen LogP contribution is 2.41. The smallest absolute Gasteiger partial charge is 0.410 e. The summed E-state index contributed by atoms with van der Waals surface area (Å²) in [6.45, 7) is 3.22. The first-order chi connectivity index (χ1) is 14.1. The van der Waals surface area contributed by atoms with Crippen LogP contribution in [-0.4, -0.2) is 30.1 Å². The minimum atomic E-state index is -0.295. The molecule has 1 aromatic heterocycles. The number of carbonyl (C=O) groups is 2. The van der Waals surface area contributed by atoms with Gasteiger partial charge in [0.1, 0.15) is 11.2 Å². The van der Waals surface area contributed by atoms with Crippen molar-refractivity contribution < 1.29 is 14.3 Å². The van der Waals surface area contributed by atoms with Gasteiger partial charge in [0.25, 0.3) is 5.91 Å². The van der Waals surface area contributed by atoms with Crippen LogP contribution < -0.4 is 10.6 Å². The Labute approximate surface area is 172 Å². The monoisotopic (exact) mass is 407 g/mol. The molecule has 3 aromatic rings. The van der Waals surface area contributed by atoms with E-state index in [-0.39, 0.29) is 18.2 Å². The summed E-state index contributed by atoms with van der Waals surface area (Å²) >= 11 is 1.56. The van der Waals surface area contributed by atoms with Crippen molar-refractivity contribution in [1.29, 1.82) is 0 Å². The molecule has 0 fully saturated rings. The normalized spacial score (nSPS) is 17.9. The largest absolute Gasteiger partial charge is 0.450 e. The fraction of sp³-hybridized carbons (Fsp3) is 0.273. The van der Waals surface area contributed by atoms with E-state index in [4.69, 9.17) is 4.74 Å². The van der Waals surface area contributed by atoms with Crippen LogP contribution in [0.15, 0.2) is 42.5 Å². The summed E-state index contributed by atoms with van der Waals surface area (Å²) < 4.78 is 5.13. The van der Waals surface area contributed by atoms with Gasteiger partial charge in [-0.3, -0.25) is 4.79 Å². The molecule has 2 amide bonds. The molecule has 0 saturated heterocycles. The highest BCUT2D eigenvalue weighted by atomic mass is 32.1. The molecule has 0 unspecified atom stereocenters. The lowest BCUT2D eigenvalue weighted by Gasteiger charge is -2.28. The minimum absolute atomic E-state index is 0.0565. The molecule has 0 spiro atoms. The molecule has 6 nitrogen and oxygen atoms in total. The standard InChI is InChI=1S/C22H21N3O3S/c1-2-28-22(27)25-10-9-16-17(12-25)29-21-18(16)20(26)23-19(24-21)15-8-7-13-5-3-4-6-14(13)11-15/h3-8,11,19,24H,2,9-10,12H2,1H3,(H,23,26)/t19-/m0/s1. The Kier molecular flexibility index (Phi) is 4.39. The van der Waals surface area contributed by atoms with Crippen molar-refractivity contribution in [1.82, 2.24) is 10.2 Å². The number of thiophene rings is 1. The van der Waals surface area contributed by atoms with Crippen LogP contribution in [-0.2, 0) is 17.7 Å². The lowest BCUT2D eigenvalue weighted by Crippen LogP contribution is -2.39. The van der Waals surface area contributed by atoms with Crippen LogP contribution in [0.4, 0.5) is 9.80 Å². The topological polar surface area (TPSA) is 70.7 Å². The molecule has 0 radical (unpaired) electrons. The number of fused-ring (bicyclic) bond motifs is 4. The molecular formula is C22H21N3O3S. The van der Waals surface area contributed by atoms with Crippen molar-refractivity contribution in [3.63, 3.8) is 0 Å². The van der Waals surface area contributed by atoms with Crippen molar-refractivity contribution in [2.45, 2.75) is 26.1 Å². The summed E-state index contributed by atoms with van der Waals surface area (Å²) in [5, 5.41) is 9.77. The molecule has 2 N–H and O–H groups in total. The first-order valence-corrected chi connectivity index (χ1v) is 10.6. The van der Waals surface area contributed by atoms with Crippen LogP contribution in [0, 0.1) is 0 Å². The second-order valence-electron chi connectivity index (χ2n) is 7.24. The number of hydrogen-bond acceptors (Lipinski definition) is 5. The summed E-state index contributed by atoms with van der Waals surface area (Å²) in [6.07, 6.45) is 0.0901. The zero-order valence-electron chi connectivity index (χ0n) is 16.0. The number of ether oxygens (including phenoxy) is 1. The Hall–Kier alpha value is -3.06. The first kappa shape index (κ1) is 18.0. The first-order valence-electron chi connectivity index (χ1n) is 9.76. The van der Waals surface area contributed by atoms with E-state index in [1.165, 1.54) is 5.39 Å². The predicted molar refractivity (Wildman–Crippen MR) is 113 cm³/mol. The lowest BCUT2D eigenvalue weighted by molar-refractivity contribution is 0.0934. The van der Waals surface area contributed by atoms with Crippen LogP contribution >= 0.6 is 11.3 Å². The zero-order chi connectivity index (χ0) is 20.0. The van der Waals surface area contributed by atoms with Crippen molar-refractivity contribution >= 4 is 39.1 Å². The highest BCUT2D eigenvalue weighted by Gasteiger charge is 2.34. The van der Waals surface area contributed by atoms with E-state index < -0.39 is 0 Å². The van der Waals surface area contributed by atoms with E-state index in [9.17, 15) is 9.59 Å². The van der Waals surface area contributed by atoms with Crippen molar-refractivity contribution in [2.75, 3.05) is 18.5 Å². The van der Waals surface area contributed by atoms with Gasteiger partial charge in [0, 0.05) is 11.4 Å². The molecule has 2 aliphatic heterocycles. The van der Waals surface area contributed by atoms with E-state index in [1.807, 2.05) is 18.2 Å². The Morgan fingerprint density at radius 3 is 2.86 bits per heavy atom. The molecule has 3 heterocycles. The number of hydrogen-bond donors (Lipinski definition) is 2. The molecular weight excluding hydrogens is 386 g/mol. The van der Waals surface area contributed by atoms with E-state index >= 15 is 0 Å². The number of carbonyl (C=O) groups excluding carboxylic acids is 2. The van der Waals surface area contributed by atoms with Crippen molar-refractivity contribution in [2.24, 2.45) is 0 Å². The van der Waals surface area contributed by atoms with Crippen LogP contribution in [0.3, 0.4) is 0 Å². The number of nitrogens with zero attached hydrogens (tertiary/aromatic N) is 1. The molecule has 2 aromatic carbocycles. The number of rotatable bonds is 2. The third kappa shape index (κ3) is 3.11. The average Bonchev–Trinajstić information content (AvgIpc) is 3.11. The Morgan fingerprint density at radius 1 is 1.21 bits per heavy atom. The SMILES string of the molecule is CCOC(=O)N1CCc2c(sc3c2C(=O)N[C@H](c2ccc4ccccc4c2)N3)C1. The third-order valence-corrected chi connectivity index (χ3v) is 6.62. The average molecular weight is 407 g/mol. The van der Waals surface area contributed by atoms with Crippen LogP contribution in [0.2, 0.25) is 0 Å². The van der Waals surface area contributed by atoms with Gasteiger partial charge in [0.05, 0.1) is 18.7 Å². The van der Waals surface area contributed by atoms with Gasteiger partial charge in [-0.15, -0.1) is 11.3 Å². The highest BCUT2D eigenvalue weighted by molar-refractivity contribution is 7.16. The van der Waals surface area contributed by atoms with E-state index in [2.05, 4.69) is 34.9 Å². The van der Waals surface area contributed by atoms with Crippen LogP contribution in [0.1, 0.15) is 39.5 Å². The maximum Gasteiger partial charge on any atom is 0.410 e. The molecule has 1 atom stereocenters. The van der Waals surface area contributed by atoms with Gasteiger partial charge in [-0.2, -0.15) is 0 Å². The minimum Gasteiger partial charge on any atom is -0.450 e. The molecule has 5 rings (SSSR count). The van der Waals surface area contributed by atoms with Gasteiger partial charge < -0.3 is 20.3 Å². The van der Waals surface area contributed by atoms with Crippen LogP contribution in [0.5, 0.6) is 0 Å². The molecule has 2 aliphatic rings. The fourth-order valence-corrected chi connectivity index (χ4v) is 5.33. The summed E-state index contributed by atoms with van der Waals surface area (Å²) in [6, 6.07) is 14.4. The summed E-state index contributed by atoms with van der Waals surface area (Å²) in [5.74, 6) is -0.0565. The van der Waals surface area contributed by atoms with Gasteiger partial charge in [0.2, 0.25) is 0 Å². The maximum atomic E-state index is 12.9. The van der Waals surface area contributed by atoms with E-state index in [1.54, 1.807) is 23.2 Å². The molecule has 148 valence electrons. The molecule has 29 heavy (non-hydrogen) atoms. The molecule has 0 bridgehead atoms. The quantitative estimate of drug-likeness (QED) is 0.666. The second-order valence-corrected chi connectivity index (χ2v) is 8.34. The van der Waals surface area contributed by atoms with Crippen molar-refractivity contribution in [3.8, 4) is 0 Å². The molecule has 7 heteroatoms. The summed E-state index contributed by atoms with van der Waals surface area (Å²) in [4.78, 5) is 27.8. The predicted octanol–water partition coefficient (Wildman–Crippen LogP) is 4.27. The Balaban J connectivity index is 1.43. The molecule has 0 saturated carbocycles. The second kappa shape index (κ2) is 7.08. The van der Waals surface area contributed by atoms with Gasteiger partial charge in [0.15, 0.2) is 0 Å². The number of anilines is 1. The summed E-state index contributed by atoms with van der Waals surface area (Å²) in [5.41, 5.74) is 2.79. The summed E-state index contributed by atoms with van der Waals surface area (Å²) in [7, 11) is 0. The zero-order valence-corrected chi connectivity index (χ0v) is 16.8. The fourth-order valence-electron chi connectivity index (χ4n) is 4.04. The van der Waals surface area contributed by atoms with Gasteiger partial charge >= 0.3 is 6.09 Å².